The van der Waals surface area contributed by atoms with Crippen molar-refractivity contribution in [3.05, 3.63) is 70.3 Å². The second-order valence-corrected chi connectivity index (χ2v) is 9.15. The van der Waals surface area contributed by atoms with Gasteiger partial charge in [-0.05, 0) is 67.6 Å². The number of aliphatic hydroxyl groups is 1. The molecule has 190 valence electrons. The average molecular weight is 490 g/mol. The number of hydrogen-bond donors (Lipinski definition) is 3. The predicted octanol–water partition coefficient (Wildman–Crippen LogP) is 2.57. The van der Waals surface area contributed by atoms with E-state index in [0.717, 1.165) is 12.5 Å². The number of nitrogens with two attached hydrogens (primary N) is 1. The fourth-order valence-electron chi connectivity index (χ4n) is 4.53. The van der Waals surface area contributed by atoms with E-state index in [9.17, 15) is 23.5 Å². The molecule has 4 atom stereocenters. The fraction of sp³-hybridized carbons (Fsp3) is 0.462. The molecule has 1 aliphatic rings. The van der Waals surface area contributed by atoms with Gasteiger partial charge in [0.05, 0.1) is 18.2 Å². The van der Waals surface area contributed by atoms with Crippen molar-refractivity contribution in [1.29, 1.82) is 0 Å². The molecular formula is C26H33F2N3O4. The van der Waals surface area contributed by atoms with E-state index in [4.69, 9.17) is 10.5 Å². The van der Waals surface area contributed by atoms with Crippen LogP contribution < -0.4 is 11.1 Å². The third-order valence-corrected chi connectivity index (χ3v) is 6.28. The van der Waals surface area contributed by atoms with E-state index >= 15 is 0 Å². The minimum absolute atomic E-state index is 0.0191. The number of benzene rings is 2. The van der Waals surface area contributed by atoms with Crippen molar-refractivity contribution >= 4 is 11.8 Å². The highest BCUT2D eigenvalue weighted by molar-refractivity contribution is 5.99. The lowest BCUT2D eigenvalue weighted by Crippen LogP contribution is -2.53. The predicted molar refractivity (Wildman–Crippen MR) is 128 cm³/mol. The van der Waals surface area contributed by atoms with Crippen LogP contribution in [0.4, 0.5) is 8.78 Å². The van der Waals surface area contributed by atoms with Gasteiger partial charge in [0.25, 0.3) is 5.91 Å². The molecule has 3 rings (SSSR count). The summed E-state index contributed by atoms with van der Waals surface area (Å²) in [6.45, 7) is 4.91. The van der Waals surface area contributed by atoms with Gasteiger partial charge in [-0.1, -0.05) is 6.92 Å². The van der Waals surface area contributed by atoms with Crippen LogP contribution in [0.2, 0.25) is 0 Å². The highest BCUT2D eigenvalue weighted by atomic mass is 19.1. The van der Waals surface area contributed by atoms with Crippen LogP contribution in [0.15, 0.2) is 36.4 Å². The third-order valence-electron chi connectivity index (χ3n) is 6.28. The monoisotopic (exact) mass is 489 g/mol. The highest BCUT2D eigenvalue weighted by Gasteiger charge is 2.37. The van der Waals surface area contributed by atoms with E-state index in [1.54, 1.807) is 19.1 Å². The second kappa shape index (κ2) is 11.7. The maximum absolute atomic E-state index is 13.9. The number of primary amides is 1. The number of rotatable bonds is 10. The fourth-order valence-corrected chi connectivity index (χ4v) is 4.53. The van der Waals surface area contributed by atoms with E-state index in [1.165, 1.54) is 30.1 Å². The number of hydrogen-bond acceptors (Lipinski definition) is 5. The molecule has 4 N–H and O–H groups in total. The molecule has 0 aromatic heterocycles. The van der Waals surface area contributed by atoms with Crippen LogP contribution in [-0.2, 0) is 11.2 Å². The summed E-state index contributed by atoms with van der Waals surface area (Å²) in [5.74, 6) is -2.59. The Bertz CT molecular complexity index is 1040. The molecule has 9 heteroatoms. The van der Waals surface area contributed by atoms with Gasteiger partial charge in [-0.3, -0.25) is 9.59 Å². The smallest absolute Gasteiger partial charge is 0.253 e. The van der Waals surface area contributed by atoms with Crippen molar-refractivity contribution in [2.45, 2.75) is 57.4 Å². The summed E-state index contributed by atoms with van der Waals surface area (Å²) in [6, 6.07) is 6.57. The first-order valence-electron chi connectivity index (χ1n) is 11.8. The van der Waals surface area contributed by atoms with Crippen LogP contribution >= 0.6 is 0 Å². The molecule has 2 aromatic carbocycles. The molecule has 0 aliphatic carbocycles. The Labute approximate surface area is 204 Å². The summed E-state index contributed by atoms with van der Waals surface area (Å²) >= 11 is 0. The Hall–Kier alpha value is -2.88. The summed E-state index contributed by atoms with van der Waals surface area (Å²) < 4.78 is 33.6. The Morgan fingerprint density at radius 1 is 1.17 bits per heavy atom. The first kappa shape index (κ1) is 26.7. The number of nitrogens with zero attached hydrogens (tertiary/aromatic N) is 1. The zero-order valence-electron chi connectivity index (χ0n) is 20.3. The van der Waals surface area contributed by atoms with Crippen molar-refractivity contribution in [3.63, 3.8) is 0 Å². The molecule has 1 aliphatic heterocycles. The number of aryl methyl sites for hydroxylation is 1. The van der Waals surface area contributed by atoms with E-state index < -0.39 is 35.6 Å². The number of halogens is 2. The Balaban J connectivity index is 1.89. The number of aliphatic hydroxyl groups excluding tert-OH is 1. The highest BCUT2D eigenvalue weighted by Crippen LogP contribution is 2.23. The van der Waals surface area contributed by atoms with Crippen molar-refractivity contribution in [1.82, 2.24) is 10.2 Å². The molecule has 0 unspecified atom stereocenters. The first-order valence-corrected chi connectivity index (χ1v) is 11.8. The normalized spacial score (nSPS) is 19.4. The van der Waals surface area contributed by atoms with Gasteiger partial charge < -0.3 is 25.8 Å². The number of ether oxygens (including phenoxy) is 1. The molecule has 0 bridgehead atoms. The van der Waals surface area contributed by atoms with Crippen LogP contribution in [0.3, 0.4) is 0 Å². The van der Waals surface area contributed by atoms with Gasteiger partial charge in [-0.15, -0.1) is 0 Å². The van der Waals surface area contributed by atoms with Crippen LogP contribution in [-0.4, -0.2) is 66.3 Å². The number of carbonyl (C=O) groups is 2. The van der Waals surface area contributed by atoms with E-state index in [-0.39, 0.29) is 29.7 Å². The molecule has 1 fully saturated rings. The van der Waals surface area contributed by atoms with Crippen LogP contribution in [0.5, 0.6) is 0 Å². The van der Waals surface area contributed by atoms with E-state index in [0.29, 0.717) is 30.7 Å². The number of amides is 2. The zero-order valence-corrected chi connectivity index (χ0v) is 20.3. The molecule has 7 nitrogen and oxygen atoms in total. The van der Waals surface area contributed by atoms with Gasteiger partial charge in [-0.25, -0.2) is 8.78 Å². The quantitative estimate of drug-likeness (QED) is 0.476. The summed E-state index contributed by atoms with van der Waals surface area (Å²) in [7, 11) is 1.53. The molecular weight excluding hydrogens is 456 g/mol. The van der Waals surface area contributed by atoms with E-state index in [2.05, 4.69) is 5.32 Å². The van der Waals surface area contributed by atoms with Crippen molar-refractivity contribution in [2.75, 3.05) is 20.2 Å². The second-order valence-electron chi connectivity index (χ2n) is 9.15. The van der Waals surface area contributed by atoms with Crippen LogP contribution in [0.1, 0.15) is 51.6 Å². The third kappa shape index (κ3) is 6.84. The standard InChI is InChI=1S/C26H33F2N3O4/c1-4-5-35-21-13-22(30-14-21)24(32)23(10-16-8-19(27)12-20(28)9-16)31(3)26(34)18-7-15(2)6-17(11-18)25(29)33/h6-9,11-12,21-24,30,32H,4-5,10,13-14H2,1-3H3,(H2,29,33)/t21-,22-,23+,24-/m1/s1. The summed E-state index contributed by atoms with van der Waals surface area (Å²) in [4.78, 5) is 26.5. The van der Waals surface area contributed by atoms with Crippen molar-refractivity contribution in [2.24, 2.45) is 5.73 Å². The minimum atomic E-state index is -1.05. The van der Waals surface area contributed by atoms with Gasteiger partial charge >= 0.3 is 0 Å². The summed E-state index contributed by atoms with van der Waals surface area (Å²) in [5, 5.41) is 14.6. The molecule has 2 aromatic rings. The van der Waals surface area contributed by atoms with Gasteiger partial charge in [0, 0.05) is 43.4 Å². The van der Waals surface area contributed by atoms with Gasteiger partial charge in [0.15, 0.2) is 0 Å². The SMILES string of the molecule is CCCO[C@H]1CN[C@@H]([C@@H](O)[C@H](Cc2cc(F)cc(F)c2)N(C)C(=O)c2cc(C)cc(C(N)=O)c2)C1. The first-order chi connectivity index (χ1) is 16.6. The van der Waals surface area contributed by atoms with Crippen molar-refractivity contribution in [3.8, 4) is 0 Å². The maximum Gasteiger partial charge on any atom is 0.253 e. The lowest BCUT2D eigenvalue weighted by molar-refractivity contribution is 0.0248. The topological polar surface area (TPSA) is 105 Å². The lowest BCUT2D eigenvalue weighted by atomic mass is 9.93. The zero-order chi connectivity index (χ0) is 25.7. The lowest BCUT2D eigenvalue weighted by Gasteiger charge is -2.35. The van der Waals surface area contributed by atoms with E-state index in [1.807, 2.05) is 6.92 Å². The molecule has 0 radical (unpaired) electrons. The Morgan fingerprint density at radius 3 is 2.46 bits per heavy atom. The minimum Gasteiger partial charge on any atom is -0.389 e. The molecule has 1 saturated heterocycles. The average Bonchev–Trinajstić information content (AvgIpc) is 3.27. The Kier molecular flexibility index (Phi) is 8.93. The molecule has 0 saturated carbocycles. The Morgan fingerprint density at radius 2 is 1.83 bits per heavy atom. The maximum atomic E-state index is 13.9. The van der Waals surface area contributed by atoms with Gasteiger partial charge in [-0.2, -0.15) is 0 Å². The number of carbonyl (C=O) groups excluding carboxylic acids is 2. The number of likely N-dealkylation sites (N-methyl/N-ethyl adjacent to an activating group) is 1. The van der Waals surface area contributed by atoms with Crippen LogP contribution in [0, 0.1) is 18.6 Å². The van der Waals surface area contributed by atoms with Gasteiger partial charge in [0.2, 0.25) is 5.91 Å². The molecule has 0 spiro atoms. The summed E-state index contributed by atoms with van der Waals surface area (Å²) in [6.07, 6.45) is 0.306. The van der Waals surface area contributed by atoms with Crippen LogP contribution in [0.25, 0.3) is 0 Å². The molecule has 2 amide bonds. The molecule has 35 heavy (non-hydrogen) atoms. The van der Waals surface area contributed by atoms with Gasteiger partial charge in [0.1, 0.15) is 11.6 Å². The summed E-state index contributed by atoms with van der Waals surface area (Å²) in [5.41, 5.74) is 6.81. The largest absolute Gasteiger partial charge is 0.389 e. The molecule has 1 heterocycles. The van der Waals surface area contributed by atoms with Crippen molar-refractivity contribution < 1.29 is 28.2 Å². The number of nitrogens with one attached hydrogen (secondary N) is 1.